The van der Waals surface area contributed by atoms with Gasteiger partial charge in [-0.1, -0.05) is 13.0 Å². The third kappa shape index (κ3) is 4.42. The molecule has 8 heteroatoms. The molecule has 0 saturated carbocycles. The lowest BCUT2D eigenvalue weighted by Gasteiger charge is -2.40. The molecule has 1 aliphatic rings. The second-order valence-electron chi connectivity index (χ2n) is 8.07. The van der Waals surface area contributed by atoms with Crippen LogP contribution < -0.4 is 24.3 Å². The number of nitrogens with one attached hydrogen (secondary N) is 1. The average Bonchev–Trinajstić information content (AvgIpc) is 2.84. The number of nitrogens with zero attached hydrogens (tertiary/aromatic N) is 1. The van der Waals surface area contributed by atoms with Crippen LogP contribution in [0.25, 0.3) is 0 Å². The van der Waals surface area contributed by atoms with Gasteiger partial charge in [-0.05, 0) is 48.7 Å². The Morgan fingerprint density at radius 3 is 2.12 bits per heavy atom. The molecule has 0 spiro atoms. The van der Waals surface area contributed by atoms with Gasteiger partial charge in [0.25, 0.3) is 5.91 Å². The molecule has 178 valence electrons. The molecule has 1 N–H and O–H groups in total. The lowest BCUT2D eigenvalue weighted by molar-refractivity contribution is -0.124. The first-order chi connectivity index (χ1) is 15.8. The molecular formula is C25H32N2O6. The quantitative estimate of drug-likeness (QED) is 0.654. The van der Waals surface area contributed by atoms with Gasteiger partial charge in [-0.3, -0.25) is 9.59 Å². The Morgan fingerprint density at radius 1 is 0.970 bits per heavy atom. The van der Waals surface area contributed by atoms with Crippen molar-refractivity contribution >= 4 is 11.8 Å². The van der Waals surface area contributed by atoms with Crippen LogP contribution >= 0.6 is 0 Å². The lowest BCUT2D eigenvalue weighted by atomic mass is 9.79. The first-order valence-corrected chi connectivity index (χ1v) is 10.9. The summed E-state index contributed by atoms with van der Waals surface area (Å²) in [6.45, 7) is 3.96. The summed E-state index contributed by atoms with van der Waals surface area (Å²) in [5.74, 6) is 0.933. The molecule has 2 amide bonds. The topological polar surface area (TPSA) is 86.3 Å². The van der Waals surface area contributed by atoms with E-state index in [2.05, 4.69) is 5.32 Å². The zero-order valence-corrected chi connectivity index (χ0v) is 20.2. The highest BCUT2D eigenvalue weighted by Gasteiger charge is 2.44. The van der Waals surface area contributed by atoms with Crippen LogP contribution in [0.2, 0.25) is 0 Å². The molecule has 8 nitrogen and oxygen atoms in total. The molecule has 0 radical (unpaired) electrons. The minimum absolute atomic E-state index is 0.0184. The zero-order valence-electron chi connectivity index (χ0n) is 20.2. The first-order valence-electron chi connectivity index (χ1n) is 10.9. The number of hydrogen-bond acceptors (Lipinski definition) is 6. The van der Waals surface area contributed by atoms with Gasteiger partial charge in [0.2, 0.25) is 5.91 Å². The number of methoxy groups -OCH3 is 4. The highest BCUT2D eigenvalue weighted by molar-refractivity contribution is 6.02. The van der Waals surface area contributed by atoms with E-state index in [-0.39, 0.29) is 17.9 Å². The van der Waals surface area contributed by atoms with Crippen LogP contribution in [0.3, 0.4) is 0 Å². The maximum absolute atomic E-state index is 13.6. The van der Waals surface area contributed by atoms with Gasteiger partial charge in [0.15, 0.2) is 23.0 Å². The van der Waals surface area contributed by atoms with E-state index < -0.39 is 12.0 Å². The summed E-state index contributed by atoms with van der Waals surface area (Å²) in [6.07, 6.45) is 0.785. The van der Waals surface area contributed by atoms with Crippen molar-refractivity contribution in [1.82, 2.24) is 10.2 Å². The zero-order chi connectivity index (χ0) is 24.3. The van der Waals surface area contributed by atoms with E-state index in [0.29, 0.717) is 34.1 Å². The van der Waals surface area contributed by atoms with Crippen molar-refractivity contribution in [2.75, 3.05) is 35.5 Å². The van der Waals surface area contributed by atoms with Gasteiger partial charge in [0, 0.05) is 18.7 Å². The molecule has 0 fully saturated rings. The second kappa shape index (κ2) is 10.0. The number of carbonyl (C=O) groups is 2. The van der Waals surface area contributed by atoms with Crippen molar-refractivity contribution in [3.8, 4) is 23.0 Å². The number of amides is 2. The minimum atomic E-state index is -0.672. The Hall–Kier alpha value is -3.42. The largest absolute Gasteiger partial charge is 0.493 e. The predicted octanol–water partition coefficient (Wildman–Crippen LogP) is 3.55. The Kier molecular flexibility index (Phi) is 7.36. The standard InChI is InChI=1S/C25H32N2O6/c1-8-14(2)26-24(28)22-16-12-20(32-6)21(33-7)13-17(16)25(29)27(3)23(22)15-9-10-18(30-4)19(11-15)31-5/h9-14,22-23H,8H2,1-7H3,(H,26,28)/t14-,22+,23+/m0/s1. The fraction of sp³-hybridized carbons (Fsp3) is 0.440. The fourth-order valence-corrected chi connectivity index (χ4v) is 4.22. The number of carbonyl (C=O) groups excluding carboxylic acids is 2. The van der Waals surface area contributed by atoms with Gasteiger partial charge < -0.3 is 29.2 Å². The second-order valence-corrected chi connectivity index (χ2v) is 8.07. The smallest absolute Gasteiger partial charge is 0.254 e. The summed E-state index contributed by atoms with van der Waals surface area (Å²) in [5.41, 5.74) is 1.76. The highest BCUT2D eigenvalue weighted by Crippen LogP contribution is 2.46. The van der Waals surface area contributed by atoms with Gasteiger partial charge in [0.1, 0.15) is 0 Å². The van der Waals surface area contributed by atoms with Gasteiger partial charge >= 0.3 is 0 Å². The fourth-order valence-electron chi connectivity index (χ4n) is 4.22. The first kappa shape index (κ1) is 24.2. The van der Waals surface area contributed by atoms with Crippen LogP contribution in [0.4, 0.5) is 0 Å². The summed E-state index contributed by atoms with van der Waals surface area (Å²) >= 11 is 0. The molecule has 1 heterocycles. The normalized spacial score (nSPS) is 18.3. The lowest BCUT2D eigenvalue weighted by Crippen LogP contribution is -2.47. The highest BCUT2D eigenvalue weighted by atomic mass is 16.5. The van der Waals surface area contributed by atoms with Crippen molar-refractivity contribution in [2.24, 2.45) is 0 Å². The molecule has 2 aromatic carbocycles. The molecule has 2 aromatic rings. The van der Waals surface area contributed by atoms with E-state index in [1.54, 1.807) is 44.4 Å². The molecule has 0 aromatic heterocycles. The monoisotopic (exact) mass is 456 g/mol. The van der Waals surface area contributed by atoms with Crippen molar-refractivity contribution in [2.45, 2.75) is 38.3 Å². The Bertz CT molecular complexity index is 1040. The SMILES string of the molecule is CC[C@H](C)NC(=O)[C@@H]1c2cc(OC)c(OC)cc2C(=O)N(C)[C@@H]1c1ccc(OC)c(OC)c1. The van der Waals surface area contributed by atoms with Gasteiger partial charge in [-0.15, -0.1) is 0 Å². The Labute approximate surface area is 194 Å². The van der Waals surface area contributed by atoms with Crippen LogP contribution in [0.1, 0.15) is 53.7 Å². The number of likely N-dealkylation sites (N-methyl/N-ethyl adjacent to an activating group) is 1. The summed E-state index contributed by atoms with van der Waals surface area (Å²) in [6, 6.07) is 8.23. The number of benzene rings is 2. The van der Waals surface area contributed by atoms with Crippen molar-refractivity contribution in [1.29, 1.82) is 0 Å². The molecule has 3 atom stereocenters. The molecule has 0 unspecified atom stereocenters. The summed E-state index contributed by atoms with van der Waals surface area (Å²) < 4.78 is 21.7. The van der Waals surface area contributed by atoms with E-state index in [1.165, 1.54) is 14.2 Å². The maximum atomic E-state index is 13.6. The van der Waals surface area contributed by atoms with Crippen LogP contribution in [0.5, 0.6) is 23.0 Å². The molecular weight excluding hydrogens is 424 g/mol. The summed E-state index contributed by atoms with van der Waals surface area (Å²) in [4.78, 5) is 28.6. The Balaban J connectivity index is 2.24. The third-order valence-corrected chi connectivity index (χ3v) is 6.21. The van der Waals surface area contributed by atoms with Gasteiger partial charge in [-0.2, -0.15) is 0 Å². The number of fused-ring (bicyclic) bond motifs is 1. The molecule has 33 heavy (non-hydrogen) atoms. The van der Waals surface area contributed by atoms with E-state index in [0.717, 1.165) is 12.0 Å². The van der Waals surface area contributed by atoms with Crippen LogP contribution in [0.15, 0.2) is 30.3 Å². The van der Waals surface area contributed by atoms with E-state index in [4.69, 9.17) is 18.9 Å². The molecule has 0 saturated heterocycles. The molecule has 0 bridgehead atoms. The summed E-state index contributed by atoms with van der Waals surface area (Å²) in [5, 5.41) is 3.09. The van der Waals surface area contributed by atoms with E-state index in [1.807, 2.05) is 26.0 Å². The van der Waals surface area contributed by atoms with E-state index >= 15 is 0 Å². The summed E-state index contributed by atoms with van der Waals surface area (Å²) in [7, 11) is 7.86. The molecule has 0 aliphatic carbocycles. The Morgan fingerprint density at radius 2 is 1.55 bits per heavy atom. The van der Waals surface area contributed by atoms with Crippen molar-refractivity contribution < 1.29 is 28.5 Å². The van der Waals surface area contributed by atoms with Crippen molar-refractivity contribution in [3.05, 3.63) is 47.0 Å². The van der Waals surface area contributed by atoms with E-state index in [9.17, 15) is 9.59 Å². The number of ether oxygens (including phenoxy) is 4. The minimum Gasteiger partial charge on any atom is -0.493 e. The maximum Gasteiger partial charge on any atom is 0.254 e. The average molecular weight is 457 g/mol. The molecule has 1 aliphatic heterocycles. The predicted molar refractivity (Wildman–Crippen MR) is 125 cm³/mol. The number of rotatable bonds is 8. The van der Waals surface area contributed by atoms with Crippen LogP contribution in [0, 0.1) is 0 Å². The van der Waals surface area contributed by atoms with Crippen LogP contribution in [-0.2, 0) is 4.79 Å². The van der Waals surface area contributed by atoms with Gasteiger partial charge in [0.05, 0.1) is 40.4 Å². The molecule has 3 rings (SSSR count). The van der Waals surface area contributed by atoms with Crippen LogP contribution in [-0.4, -0.2) is 58.2 Å². The van der Waals surface area contributed by atoms with Gasteiger partial charge in [-0.25, -0.2) is 0 Å². The number of hydrogen-bond donors (Lipinski definition) is 1. The third-order valence-electron chi connectivity index (χ3n) is 6.21. The van der Waals surface area contributed by atoms with Crippen molar-refractivity contribution in [3.63, 3.8) is 0 Å².